The Kier molecular flexibility index (Phi) is 6.20. The van der Waals surface area contributed by atoms with Gasteiger partial charge in [-0.25, -0.2) is 13.2 Å². The monoisotopic (exact) mass is 505 g/mol. The molecule has 7 nitrogen and oxygen atoms in total. The highest BCUT2D eigenvalue weighted by molar-refractivity contribution is 7.89. The van der Waals surface area contributed by atoms with Crippen molar-refractivity contribution in [2.24, 2.45) is 0 Å². The first kappa shape index (κ1) is 24.2. The van der Waals surface area contributed by atoms with E-state index in [0.29, 0.717) is 5.56 Å². The number of sulfonamides is 1. The smallest absolute Gasteiger partial charge is 0.335 e. The third-order valence-corrected chi connectivity index (χ3v) is 8.67. The van der Waals surface area contributed by atoms with Crippen molar-refractivity contribution in [2.75, 3.05) is 7.11 Å². The van der Waals surface area contributed by atoms with E-state index in [2.05, 4.69) is 0 Å². The number of methoxy groups -OCH3 is 1. The molecule has 0 N–H and O–H groups in total. The van der Waals surface area contributed by atoms with Gasteiger partial charge in [0.2, 0.25) is 21.9 Å². The van der Waals surface area contributed by atoms with Crippen molar-refractivity contribution in [1.29, 1.82) is 0 Å². The maximum Gasteiger partial charge on any atom is 0.335 e. The van der Waals surface area contributed by atoms with Gasteiger partial charge in [0.25, 0.3) is 0 Å². The molecule has 0 unspecified atom stereocenters. The molecule has 36 heavy (non-hydrogen) atoms. The van der Waals surface area contributed by atoms with Gasteiger partial charge in [-0.05, 0) is 31.5 Å². The normalized spacial score (nSPS) is 26.5. The predicted octanol–water partition coefficient (Wildman–Crippen LogP) is 4.45. The molecule has 0 saturated carbocycles. The summed E-state index contributed by atoms with van der Waals surface area (Å²) in [6, 6.07) is 24.4. The number of nitrogens with zero attached hydrogens (tertiary/aromatic N) is 1. The Balaban J connectivity index is 1.79. The van der Waals surface area contributed by atoms with E-state index in [1.54, 1.807) is 55.5 Å². The van der Waals surface area contributed by atoms with Gasteiger partial charge in [-0.3, -0.25) is 0 Å². The van der Waals surface area contributed by atoms with Crippen molar-refractivity contribution in [3.63, 3.8) is 0 Å². The average molecular weight is 506 g/mol. The summed E-state index contributed by atoms with van der Waals surface area (Å²) in [5, 5.41) is 0. The fourth-order valence-electron chi connectivity index (χ4n) is 5.02. The quantitative estimate of drug-likeness (QED) is 0.460. The van der Waals surface area contributed by atoms with Gasteiger partial charge in [-0.15, -0.1) is 0 Å². The van der Waals surface area contributed by atoms with Crippen LogP contribution in [0.1, 0.15) is 29.7 Å². The molecule has 0 spiro atoms. The summed E-state index contributed by atoms with van der Waals surface area (Å²) in [6.07, 6.45) is -0.576. The zero-order valence-electron chi connectivity index (χ0n) is 20.2. The van der Waals surface area contributed by atoms with Gasteiger partial charge in [-0.2, -0.15) is 4.31 Å². The van der Waals surface area contributed by atoms with Crippen LogP contribution in [0, 0.1) is 6.92 Å². The molecule has 2 aliphatic heterocycles. The Morgan fingerprint density at radius 1 is 0.917 bits per heavy atom. The van der Waals surface area contributed by atoms with Crippen LogP contribution in [-0.4, -0.2) is 37.9 Å². The number of carbonyl (C=O) groups excluding carboxylic acids is 1. The minimum atomic E-state index is -4.15. The van der Waals surface area contributed by atoms with E-state index in [4.69, 9.17) is 14.2 Å². The number of esters is 1. The summed E-state index contributed by atoms with van der Waals surface area (Å²) in [6.45, 7) is 3.70. The lowest BCUT2D eigenvalue weighted by atomic mass is 9.95. The summed E-state index contributed by atoms with van der Waals surface area (Å²) in [5.74, 6) is -0.437. The van der Waals surface area contributed by atoms with E-state index < -0.39 is 40.0 Å². The largest absolute Gasteiger partial charge is 0.497 e. The van der Waals surface area contributed by atoms with E-state index in [9.17, 15) is 13.2 Å². The van der Waals surface area contributed by atoms with Crippen molar-refractivity contribution < 1.29 is 27.4 Å². The van der Waals surface area contributed by atoms with Crippen LogP contribution in [0.4, 0.5) is 0 Å². The van der Waals surface area contributed by atoms with E-state index in [0.717, 1.165) is 11.1 Å². The Labute approximate surface area is 211 Å². The SMILES string of the molecule is COC1=CC(=O)O[C@H]1[C@@]1(c2ccccc2)O[C@H](c2ccccc2)[C@@H](C)N1S(=O)(=O)c1ccc(C)cc1. The lowest BCUT2D eigenvalue weighted by Gasteiger charge is -2.41. The lowest BCUT2D eigenvalue weighted by Crippen LogP contribution is -2.56. The molecule has 0 aliphatic carbocycles. The van der Waals surface area contributed by atoms with Crippen molar-refractivity contribution in [3.05, 3.63) is 113 Å². The molecular formula is C28H27NO6S. The number of hydrogen-bond acceptors (Lipinski definition) is 6. The molecule has 8 heteroatoms. The molecule has 3 aromatic carbocycles. The Morgan fingerprint density at radius 3 is 2.14 bits per heavy atom. The van der Waals surface area contributed by atoms with Crippen molar-refractivity contribution in [1.82, 2.24) is 4.31 Å². The number of benzene rings is 3. The number of aryl methyl sites for hydroxylation is 1. The molecule has 1 saturated heterocycles. The van der Waals surface area contributed by atoms with Gasteiger partial charge >= 0.3 is 5.97 Å². The number of rotatable bonds is 6. The maximum absolute atomic E-state index is 14.4. The van der Waals surface area contributed by atoms with Crippen LogP contribution >= 0.6 is 0 Å². The van der Waals surface area contributed by atoms with Gasteiger partial charge < -0.3 is 14.2 Å². The zero-order valence-corrected chi connectivity index (χ0v) is 21.0. The van der Waals surface area contributed by atoms with Crippen LogP contribution in [0.25, 0.3) is 0 Å². The van der Waals surface area contributed by atoms with Gasteiger partial charge in [0.1, 0.15) is 11.9 Å². The molecule has 0 amide bonds. The highest BCUT2D eigenvalue weighted by Crippen LogP contribution is 2.54. The summed E-state index contributed by atoms with van der Waals surface area (Å²) in [4.78, 5) is 12.6. The van der Waals surface area contributed by atoms with Crippen molar-refractivity contribution in [3.8, 4) is 0 Å². The molecule has 0 bridgehead atoms. The second-order valence-electron chi connectivity index (χ2n) is 8.93. The third-order valence-electron chi connectivity index (χ3n) is 6.68. The van der Waals surface area contributed by atoms with Crippen LogP contribution in [0.2, 0.25) is 0 Å². The summed E-state index contributed by atoms with van der Waals surface area (Å²) in [7, 11) is -2.73. The fraction of sp³-hybridized carbons (Fsp3) is 0.250. The molecule has 2 heterocycles. The fourth-order valence-corrected chi connectivity index (χ4v) is 6.88. The summed E-state index contributed by atoms with van der Waals surface area (Å²) >= 11 is 0. The van der Waals surface area contributed by atoms with Gasteiger partial charge in [0, 0.05) is 5.56 Å². The molecule has 3 aromatic rings. The maximum atomic E-state index is 14.4. The molecule has 186 valence electrons. The Hall–Kier alpha value is -3.46. The van der Waals surface area contributed by atoms with E-state index in [1.807, 2.05) is 43.3 Å². The number of cyclic esters (lactones) is 1. The first-order chi connectivity index (χ1) is 17.3. The third kappa shape index (κ3) is 3.82. The Morgan fingerprint density at radius 2 is 1.53 bits per heavy atom. The van der Waals surface area contributed by atoms with Crippen LogP contribution in [0.15, 0.2) is 102 Å². The zero-order chi connectivity index (χ0) is 25.5. The van der Waals surface area contributed by atoms with E-state index in [-0.39, 0.29) is 10.7 Å². The van der Waals surface area contributed by atoms with Crippen molar-refractivity contribution >= 4 is 16.0 Å². The molecule has 4 atom stereocenters. The number of carbonyl (C=O) groups is 1. The second-order valence-corrected chi connectivity index (χ2v) is 10.7. The standard InChI is InChI=1S/C28H27NO6S/c1-19-14-16-23(17-15-19)36(31,32)29-20(2)26(21-10-6-4-7-11-21)35-28(29,22-12-8-5-9-13-22)27-24(33-3)18-25(30)34-27/h4-18,20,26-27H,1-3H3/t20-,26+,27-,28-/m1/s1. The van der Waals surface area contributed by atoms with Crippen LogP contribution < -0.4 is 0 Å². The highest BCUT2D eigenvalue weighted by atomic mass is 32.2. The highest BCUT2D eigenvalue weighted by Gasteiger charge is 2.65. The predicted molar refractivity (Wildman–Crippen MR) is 133 cm³/mol. The van der Waals surface area contributed by atoms with Crippen LogP contribution in [0.5, 0.6) is 0 Å². The van der Waals surface area contributed by atoms with E-state index in [1.165, 1.54) is 17.5 Å². The topological polar surface area (TPSA) is 82.1 Å². The molecule has 2 aliphatic rings. The Bertz CT molecular complexity index is 1390. The molecule has 0 radical (unpaired) electrons. The molecular weight excluding hydrogens is 478 g/mol. The number of ether oxygens (including phenoxy) is 3. The minimum Gasteiger partial charge on any atom is -0.497 e. The van der Waals surface area contributed by atoms with Gasteiger partial charge in [0.15, 0.2) is 0 Å². The number of hydrogen-bond donors (Lipinski definition) is 0. The van der Waals surface area contributed by atoms with Crippen LogP contribution in [-0.2, 0) is 34.8 Å². The lowest BCUT2D eigenvalue weighted by molar-refractivity contribution is -0.180. The van der Waals surface area contributed by atoms with Gasteiger partial charge in [0.05, 0.1) is 24.1 Å². The first-order valence-electron chi connectivity index (χ1n) is 11.6. The van der Waals surface area contributed by atoms with Crippen LogP contribution in [0.3, 0.4) is 0 Å². The summed E-state index contributed by atoms with van der Waals surface area (Å²) in [5.41, 5.74) is 0.539. The van der Waals surface area contributed by atoms with Crippen molar-refractivity contribution in [2.45, 2.75) is 42.7 Å². The first-order valence-corrected chi connectivity index (χ1v) is 13.1. The summed E-state index contributed by atoms with van der Waals surface area (Å²) < 4.78 is 48.2. The average Bonchev–Trinajstić information content (AvgIpc) is 3.43. The molecule has 0 aromatic heterocycles. The second kappa shape index (κ2) is 9.20. The van der Waals surface area contributed by atoms with E-state index >= 15 is 0 Å². The minimum absolute atomic E-state index is 0.116. The molecule has 5 rings (SSSR count). The van der Waals surface area contributed by atoms with Gasteiger partial charge in [-0.1, -0.05) is 78.4 Å². The molecule has 1 fully saturated rings.